The lowest BCUT2D eigenvalue weighted by Crippen LogP contribution is -2.13. The molecule has 0 saturated heterocycles. The molecule has 0 aliphatic heterocycles. The van der Waals surface area contributed by atoms with Gasteiger partial charge in [-0.15, -0.1) is 0 Å². The van der Waals surface area contributed by atoms with Crippen molar-refractivity contribution in [1.82, 2.24) is 0 Å². The molecule has 2 aromatic rings. The lowest BCUT2D eigenvalue weighted by atomic mass is 10.1. The molecule has 0 saturated carbocycles. The average Bonchev–Trinajstić information content (AvgIpc) is 2.43. The van der Waals surface area contributed by atoms with Crippen molar-refractivity contribution in [2.24, 2.45) is 0 Å². The molecule has 1 amide bonds. The number of nitrogen functional groups attached to an aromatic ring is 1. The van der Waals surface area contributed by atoms with Gasteiger partial charge in [-0.1, -0.05) is 30.3 Å². The van der Waals surface area contributed by atoms with Crippen LogP contribution in [0.2, 0.25) is 0 Å². The minimum atomic E-state index is -0.144. The number of nitrogens with one attached hydrogen (secondary N) is 1. The zero-order valence-corrected chi connectivity index (χ0v) is 11.4. The number of aromatic hydroxyl groups is 1. The Balaban J connectivity index is 1.96. The maximum Gasteiger partial charge on any atom is 0.224 e. The van der Waals surface area contributed by atoms with Crippen LogP contribution in [0.1, 0.15) is 17.5 Å². The van der Waals surface area contributed by atoms with Crippen LogP contribution in [0.15, 0.2) is 42.5 Å². The molecule has 0 atom stereocenters. The van der Waals surface area contributed by atoms with E-state index in [1.807, 2.05) is 24.3 Å². The molecular weight excluding hydrogens is 252 g/mol. The molecule has 20 heavy (non-hydrogen) atoms. The molecule has 0 unspecified atom stereocenters. The van der Waals surface area contributed by atoms with Gasteiger partial charge in [0.1, 0.15) is 5.75 Å². The molecule has 2 rings (SSSR count). The second kappa shape index (κ2) is 6.10. The fourth-order valence-electron chi connectivity index (χ4n) is 1.98. The molecule has 0 fully saturated rings. The first-order valence-electron chi connectivity index (χ1n) is 6.49. The van der Waals surface area contributed by atoms with Gasteiger partial charge >= 0.3 is 0 Å². The molecule has 104 valence electrons. The number of amides is 1. The predicted molar refractivity (Wildman–Crippen MR) is 80.6 cm³/mol. The van der Waals surface area contributed by atoms with Crippen molar-refractivity contribution in [1.29, 1.82) is 0 Å². The molecule has 4 heteroatoms. The number of hydrogen-bond acceptors (Lipinski definition) is 3. The quantitative estimate of drug-likeness (QED) is 0.590. The summed E-state index contributed by atoms with van der Waals surface area (Å²) in [6, 6.07) is 12.7. The highest BCUT2D eigenvalue weighted by Crippen LogP contribution is 2.26. The second-order valence-corrected chi connectivity index (χ2v) is 4.72. The van der Waals surface area contributed by atoms with Crippen molar-refractivity contribution in [3.63, 3.8) is 0 Å². The van der Waals surface area contributed by atoms with Gasteiger partial charge in [0.2, 0.25) is 5.91 Å². The molecule has 0 radical (unpaired) electrons. The van der Waals surface area contributed by atoms with Crippen molar-refractivity contribution >= 4 is 17.3 Å². The Kier molecular flexibility index (Phi) is 4.25. The van der Waals surface area contributed by atoms with Gasteiger partial charge in [0, 0.05) is 12.1 Å². The van der Waals surface area contributed by atoms with E-state index in [2.05, 4.69) is 5.32 Å². The Hall–Kier alpha value is -2.49. The van der Waals surface area contributed by atoms with Crippen LogP contribution in [-0.2, 0) is 11.2 Å². The summed E-state index contributed by atoms with van der Waals surface area (Å²) < 4.78 is 0. The van der Waals surface area contributed by atoms with Crippen LogP contribution in [0.4, 0.5) is 11.4 Å². The van der Waals surface area contributed by atoms with Crippen LogP contribution in [0.25, 0.3) is 0 Å². The molecule has 0 aliphatic carbocycles. The zero-order valence-electron chi connectivity index (χ0n) is 11.4. The lowest BCUT2D eigenvalue weighted by Gasteiger charge is -2.09. The highest BCUT2D eigenvalue weighted by molar-refractivity contribution is 5.92. The Morgan fingerprint density at radius 1 is 1.20 bits per heavy atom. The number of para-hydroxylation sites is 2. The summed E-state index contributed by atoms with van der Waals surface area (Å²) >= 11 is 0. The first kappa shape index (κ1) is 13.9. The van der Waals surface area contributed by atoms with Crippen molar-refractivity contribution in [3.8, 4) is 5.75 Å². The number of carbonyl (C=O) groups is 1. The third-order valence-electron chi connectivity index (χ3n) is 3.19. The monoisotopic (exact) mass is 270 g/mol. The molecule has 4 nitrogen and oxygen atoms in total. The van der Waals surface area contributed by atoms with Crippen LogP contribution in [0, 0.1) is 6.92 Å². The number of benzene rings is 2. The summed E-state index contributed by atoms with van der Waals surface area (Å²) in [7, 11) is 0. The highest BCUT2D eigenvalue weighted by Gasteiger charge is 2.08. The van der Waals surface area contributed by atoms with Gasteiger partial charge in [-0.25, -0.2) is 0 Å². The number of rotatable bonds is 4. The van der Waals surface area contributed by atoms with Gasteiger partial charge in [-0.3, -0.25) is 4.79 Å². The maximum atomic E-state index is 11.9. The normalized spacial score (nSPS) is 10.2. The predicted octanol–water partition coefficient (Wildman–Crippen LogP) is 2.85. The van der Waals surface area contributed by atoms with E-state index in [0.29, 0.717) is 24.2 Å². The van der Waals surface area contributed by atoms with Crippen LogP contribution in [0.5, 0.6) is 5.75 Å². The van der Waals surface area contributed by atoms with Gasteiger partial charge in [0.05, 0.1) is 5.69 Å². The first-order chi connectivity index (χ1) is 9.58. The summed E-state index contributed by atoms with van der Waals surface area (Å²) in [6.07, 6.45) is 0.896. The topological polar surface area (TPSA) is 75.4 Å². The van der Waals surface area contributed by atoms with Crippen molar-refractivity contribution in [2.45, 2.75) is 19.8 Å². The minimum Gasteiger partial charge on any atom is -0.505 e. The Bertz CT molecular complexity index is 624. The summed E-state index contributed by atoms with van der Waals surface area (Å²) in [4.78, 5) is 11.9. The Morgan fingerprint density at radius 2 is 1.95 bits per heavy atom. The summed E-state index contributed by atoms with van der Waals surface area (Å²) in [5.41, 5.74) is 8.65. The minimum absolute atomic E-state index is 0.111. The standard InChI is InChI=1S/C16H18N2O2/c1-11-5-4-8-14(16(11)20)18-15(19)10-9-12-6-2-3-7-13(12)17/h2-8,20H,9-10,17H2,1H3,(H,18,19). The zero-order chi connectivity index (χ0) is 14.5. The lowest BCUT2D eigenvalue weighted by molar-refractivity contribution is -0.116. The molecule has 4 N–H and O–H groups in total. The van der Waals surface area contributed by atoms with Gasteiger partial charge in [0.15, 0.2) is 0 Å². The van der Waals surface area contributed by atoms with E-state index in [1.54, 1.807) is 25.1 Å². The third kappa shape index (κ3) is 3.29. The molecular formula is C16H18N2O2. The fraction of sp³-hybridized carbons (Fsp3) is 0.188. The van der Waals surface area contributed by atoms with Crippen LogP contribution in [0.3, 0.4) is 0 Å². The third-order valence-corrected chi connectivity index (χ3v) is 3.19. The van der Waals surface area contributed by atoms with Crippen molar-refractivity contribution < 1.29 is 9.90 Å². The molecule has 0 aliphatic rings. The van der Waals surface area contributed by atoms with Crippen molar-refractivity contribution in [3.05, 3.63) is 53.6 Å². The van der Waals surface area contributed by atoms with Crippen LogP contribution >= 0.6 is 0 Å². The number of phenols is 1. The molecule has 0 spiro atoms. The fourth-order valence-corrected chi connectivity index (χ4v) is 1.98. The van der Waals surface area contributed by atoms with E-state index in [-0.39, 0.29) is 11.7 Å². The van der Waals surface area contributed by atoms with E-state index >= 15 is 0 Å². The number of hydrogen-bond donors (Lipinski definition) is 3. The van der Waals surface area contributed by atoms with Gasteiger partial charge in [0.25, 0.3) is 0 Å². The molecule has 2 aromatic carbocycles. The smallest absolute Gasteiger partial charge is 0.224 e. The summed E-state index contributed by atoms with van der Waals surface area (Å²) in [5, 5.41) is 12.6. The molecule has 0 aromatic heterocycles. The number of carbonyl (C=O) groups excluding carboxylic acids is 1. The molecule has 0 bridgehead atoms. The Labute approximate surface area is 118 Å². The van der Waals surface area contributed by atoms with Crippen molar-refractivity contribution in [2.75, 3.05) is 11.1 Å². The number of aryl methyl sites for hydroxylation is 2. The van der Waals surface area contributed by atoms with Crippen LogP contribution in [-0.4, -0.2) is 11.0 Å². The Morgan fingerprint density at radius 3 is 2.70 bits per heavy atom. The van der Waals surface area contributed by atoms with Gasteiger partial charge in [-0.05, 0) is 36.6 Å². The largest absolute Gasteiger partial charge is 0.505 e. The average molecular weight is 270 g/mol. The summed E-state index contributed by atoms with van der Waals surface area (Å²) in [6.45, 7) is 1.79. The van der Waals surface area contributed by atoms with E-state index in [0.717, 1.165) is 11.1 Å². The van der Waals surface area contributed by atoms with Gasteiger partial charge < -0.3 is 16.2 Å². The van der Waals surface area contributed by atoms with E-state index in [1.165, 1.54) is 0 Å². The van der Waals surface area contributed by atoms with E-state index in [4.69, 9.17) is 5.73 Å². The van der Waals surface area contributed by atoms with E-state index in [9.17, 15) is 9.90 Å². The highest BCUT2D eigenvalue weighted by atomic mass is 16.3. The van der Waals surface area contributed by atoms with Gasteiger partial charge in [-0.2, -0.15) is 0 Å². The number of anilines is 2. The SMILES string of the molecule is Cc1cccc(NC(=O)CCc2ccccc2N)c1O. The molecule has 0 heterocycles. The second-order valence-electron chi connectivity index (χ2n) is 4.72. The first-order valence-corrected chi connectivity index (χ1v) is 6.49. The number of phenolic OH excluding ortho intramolecular Hbond substituents is 1. The maximum absolute atomic E-state index is 11.9. The number of nitrogens with two attached hydrogens (primary N) is 1. The summed E-state index contributed by atoms with van der Waals surface area (Å²) in [5.74, 6) is -0.0331. The van der Waals surface area contributed by atoms with Crippen LogP contribution < -0.4 is 11.1 Å². The van der Waals surface area contributed by atoms with E-state index < -0.39 is 0 Å².